The number of para-hydroxylation sites is 1. The Hall–Kier alpha value is -3.16. The summed E-state index contributed by atoms with van der Waals surface area (Å²) in [7, 11) is 0. The molecule has 0 spiro atoms. The Morgan fingerprint density at radius 2 is 1.52 bits per heavy atom. The number of hydrogen-bond acceptors (Lipinski definition) is 3. The maximum absolute atomic E-state index is 12.3. The Labute approximate surface area is 130 Å². The van der Waals surface area contributed by atoms with Crippen molar-refractivity contribution in [3.63, 3.8) is 0 Å². The van der Waals surface area contributed by atoms with Crippen LogP contribution in [-0.2, 0) is 0 Å². The first-order chi connectivity index (χ1) is 11.0. The van der Waals surface area contributed by atoms with Gasteiger partial charge in [0.15, 0.2) is 0 Å². The molecule has 0 aliphatic rings. The van der Waals surface area contributed by atoms with Gasteiger partial charge in [0, 0.05) is 11.4 Å². The zero-order chi connectivity index (χ0) is 16.8. The van der Waals surface area contributed by atoms with Gasteiger partial charge in [-0.05, 0) is 36.4 Å². The highest BCUT2D eigenvalue weighted by Crippen LogP contribution is 2.22. The molecule has 0 heterocycles. The van der Waals surface area contributed by atoms with Gasteiger partial charge in [-0.25, -0.2) is 4.79 Å². The zero-order valence-electron chi connectivity index (χ0n) is 11.8. The van der Waals surface area contributed by atoms with E-state index < -0.39 is 18.5 Å². The van der Waals surface area contributed by atoms with Gasteiger partial charge in [0.05, 0.1) is 5.56 Å². The van der Waals surface area contributed by atoms with Crippen molar-refractivity contribution in [1.82, 2.24) is 0 Å². The second-order valence-corrected chi connectivity index (χ2v) is 4.40. The molecular formula is C15H13F2N3O3. The van der Waals surface area contributed by atoms with E-state index in [1.165, 1.54) is 48.5 Å². The van der Waals surface area contributed by atoms with E-state index in [4.69, 9.17) is 5.73 Å². The molecule has 2 aromatic carbocycles. The molecule has 4 N–H and O–H groups in total. The number of urea groups is 1. The van der Waals surface area contributed by atoms with Crippen LogP contribution in [0.1, 0.15) is 10.4 Å². The number of halogens is 2. The van der Waals surface area contributed by atoms with Crippen LogP contribution in [0.2, 0.25) is 0 Å². The molecule has 0 atom stereocenters. The number of benzene rings is 2. The molecule has 8 heteroatoms. The quantitative estimate of drug-likeness (QED) is 0.790. The maximum atomic E-state index is 12.3. The molecule has 0 saturated carbocycles. The highest BCUT2D eigenvalue weighted by Gasteiger charge is 2.15. The fourth-order valence-corrected chi connectivity index (χ4v) is 1.83. The largest absolute Gasteiger partial charge is 0.434 e. The lowest BCUT2D eigenvalue weighted by molar-refractivity contribution is -0.0501. The van der Waals surface area contributed by atoms with Crippen molar-refractivity contribution in [3.8, 4) is 5.75 Å². The number of anilines is 2. The third-order valence-corrected chi connectivity index (χ3v) is 2.76. The second kappa shape index (κ2) is 7.21. The maximum Gasteiger partial charge on any atom is 0.387 e. The van der Waals surface area contributed by atoms with Gasteiger partial charge in [-0.1, -0.05) is 12.1 Å². The fraction of sp³-hybridized carbons (Fsp3) is 0.0667. The van der Waals surface area contributed by atoms with Crippen LogP contribution in [0.15, 0.2) is 48.5 Å². The number of carbonyl (C=O) groups is 2. The third kappa shape index (κ3) is 4.67. The van der Waals surface area contributed by atoms with Gasteiger partial charge >= 0.3 is 12.6 Å². The predicted octanol–water partition coefficient (Wildman–Crippen LogP) is 3.03. The topological polar surface area (TPSA) is 93.5 Å². The van der Waals surface area contributed by atoms with Crippen molar-refractivity contribution in [2.45, 2.75) is 6.61 Å². The van der Waals surface area contributed by atoms with Gasteiger partial charge in [0.25, 0.3) is 5.91 Å². The van der Waals surface area contributed by atoms with Crippen LogP contribution in [0.4, 0.5) is 25.0 Å². The monoisotopic (exact) mass is 321 g/mol. The number of hydrogen-bond donors (Lipinski definition) is 3. The average Bonchev–Trinajstić information content (AvgIpc) is 2.48. The summed E-state index contributed by atoms with van der Waals surface area (Å²) >= 11 is 0. The number of carbonyl (C=O) groups excluding carboxylic acids is 2. The van der Waals surface area contributed by atoms with E-state index >= 15 is 0 Å². The van der Waals surface area contributed by atoms with Gasteiger partial charge in [-0.3, -0.25) is 4.79 Å². The van der Waals surface area contributed by atoms with Gasteiger partial charge in [0.2, 0.25) is 0 Å². The zero-order valence-corrected chi connectivity index (χ0v) is 11.8. The minimum atomic E-state index is -3.02. The van der Waals surface area contributed by atoms with Gasteiger partial charge < -0.3 is 21.1 Å². The van der Waals surface area contributed by atoms with Crippen LogP contribution in [0, 0.1) is 0 Å². The number of amides is 3. The van der Waals surface area contributed by atoms with Crippen molar-refractivity contribution < 1.29 is 23.1 Å². The summed E-state index contributed by atoms with van der Waals surface area (Å²) in [5, 5.41) is 4.92. The number of ether oxygens (including phenoxy) is 1. The molecule has 0 unspecified atom stereocenters. The predicted molar refractivity (Wildman–Crippen MR) is 80.7 cm³/mol. The van der Waals surface area contributed by atoms with Crippen molar-refractivity contribution in [2.24, 2.45) is 5.73 Å². The molecule has 23 heavy (non-hydrogen) atoms. The Morgan fingerprint density at radius 3 is 2.09 bits per heavy atom. The highest BCUT2D eigenvalue weighted by molar-refractivity contribution is 6.06. The molecule has 0 aliphatic heterocycles. The SMILES string of the molecule is NC(=O)Nc1ccc(NC(=O)c2ccccc2OC(F)F)cc1. The minimum absolute atomic E-state index is 0.0212. The van der Waals surface area contributed by atoms with E-state index in [0.717, 1.165) is 0 Å². The molecule has 0 bridgehead atoms. The van der Waals surface area contributed by atoms with Crippen LogP contribution < -0.4 is 21.1 Å². The summed E-state index contributed by atoms with van der Waals surface area (Å²) in [4.78, 5) is 22.9. The lowest BCUT2D eigenvalue weighted by Crippen LogP contribution is -2.19. The van der Waals surface area contributed by atoms with Crippen molar-refractivity contribution >= 4 is 23.3 Å². The van der Waals surface area contributed by atoms with E-state index in [1.807, 2.05) is 0 Å². The summed E-state index contributed by atoms with van der Waals surface area (Å²) in [6, 6.07) is 11.1. The first-order valence-corrected chi connectivity index (χ1v) is 6.47. The van der Waals surface area contributed by atoms with Gasteiger partial charge in [-0.2, -0.15) is 8.78 Å². The summed E-state index contributed by atoms with van der Waals surface area (Å²) in [6.07, 6.45) is 0. The minimum Gasteiger partial charge on any atom is -0.434 e. The number of rotatable bonds is 5. The Balaban J connectivity index is 2.11. The summed E-state index contributed by atoms with van der Waals surface area (Å²) in [6.45, 7) is -3.02. The first-order valence-electron chi connectivity index (χ1n) is 6.47. The van der Waals surface area contributed by atoms with Crippen molar-refractivity contribution in [2.75, 3.05) is 10.6 Å². The highest BCUT2D eigenvalue weighted by atomic mass is 19.3. The lowest BCUT2D eigenvalue weighted by Gasteiger charge is -2.11. The van der Waals surface area contributed by atoms with Crippen LogP contribution >= 0.6 is 0 Å². The molecule has 0 radical (unpaired) electrons. The lowest BCUT2D eigenvalue weighted by atomic mass is 10.2. The number of primary amides is 1. The fourth-order valence-electron chi connectivity index (χ4n) is 1.83. The molecule has 2 aromatic rings. The molecule has 0 saturated heterocycles. The van der Waals surface area contributed by atoms with Crippen LogP contribution in [0.25, 0.3) is 0 Å². The summed E-state index contributed by atoms with van der Waals surface area (Å²) < 4.78 is 29.0. The Kier molecular flexibility index (Phi) is 5.08. The Morgan fingerprint density at radius 1 is 0.957 bits per heavy atom. The number of nitrogens with two attached hydrogens (primary N) is 1. The van der Waals surface area contributed by atoms with Crippen LogP contribution in [0.5, 0.6) is 5.75 Å². The average molecular weight is 321 g/mol. The van der Waals surface area contributed by atoms with Crippen molar-refractivity contribution in [1.29, 1.82) is 0 Å². The molecule has 120 valence electrons. The smallest absolute Gasteiger partial charge is 0.387 e. The number of nitrogens with one attached hydrogen (secondary N) is 2. The normalized spacial score (nSPS) is 10.2. The standard InChI is InChI=1S/C15H13F2N3O3/c16-14(17)23-12-4-2-1-3-11(12)13(21)19-9-5-7-10(8-6-9)20-15(18)22/h1-8,14H,(H,19,21)(H3,18,20,22). The molecule has 0 aliphatic carbocycles. The Bertz CT molecular complexity index is 705. The second-order valence-electron chi connectivity index (χ2n) is 4.40. The molecule has 2 rings (SSSR count). The molecule has 0 fully saturated rings. The molecule has 6 nitrogen and oxygen atoms in total. The van der Waals surface area contributed by atoms with E-state index in [-0.39, 0.29) is 11.3 Å². The molecule has 0 aromatic heterocycles. The molecular weight excluding hydrogens is 308 g/mol. The van der Waals surface area contributed by atoms with Gasteiger partial charge in [-0.15, -0.1) is 0 Å². The summed E-state index contributed by atoms with van der Waals surface area (Å²) in [5.74, 6) is -0.816. The van der Waals surface area contributed by atoms with E-state index in [9.17, 15) is 18.4 Å². The van der Waals surface area contributed by atoms with E-state index in [0.29, 0.717) is 11.4 Å². The van der Waals surface area contributed by atoms with E-state index in [2.05, 4.69) is 15.4 Å². The van der Waals surface area contributed by atoms with Gasteiger partial charge in [0.1, 0.15) is 5.75 Å². The van der Waals surface area contributed by atoms with Crippen molar-refractivity contribution in [3.05, 3.63) is 54.1 Å². The van der Waals surface area contributed by atoms with E-state index in [1.54, 1.807) is 0 Å². The molecule has 3 amide bonds. The van der Waals surface area contributed by atoms with Crippen LogP contribution in [0.3, 0.4) is 0 Å². The summed E-state index contributed by atoms with van der Waals surface area (Å²) in [5.41, 5.74) is 5.83. The first kappa shape index (κ1) is 16.2. The van der Waals surface area contributed by atoms with Crippen LogP contribution in [-0.4, -0.2) is 18.5 Å². The third-order valence-electron chi connectivity index (χ3n) is 2.76. The number of alkyl halides is 2.